The number of hydrogen-bond acceptors (Lipinski definition) is 10. The highest BCUT2D eigenvalue weighted by atomic mass is 31.2. The fraction of sp³-hybridized carbons (Fsp3) is 0.717. The number of phosphoric ester groups is 1. The second kappa shape index (κ2) is 53.9. The van der Waals surface area contributed by atoms with Gasteiger partial charge in [0.1, 0.15) is 12.7 Å². The van der Waals surface area contributed by atoms with Gasteiger partial charge in [-0.25, -0.2) is 4.57 Å². The van der Waals surface area contributed by atoms with E-state index in [9.17, 15) is 28.9 Å². The van der Waals surface area contributed by atoms with Gasteiger partial charge in [0, 0.05) is 19.3 Å². The predicted octanol–water partition coefficient (Wildman–Crippen LogP) is 16.7. The van der Waals surface area contributed by atoms with Crippen LogP contribution < -0.4 is 0 Å². The Labute approximate surface area is 439 Å². The standard InChI is InChI=1S/C60H103O11P/c1-4-7-10-13-16-19-22-25-27-28-30-33-36-39-42-45-48-51-60(64)71-57(53-67-58(62)49-46-43-40-37-34-31-24-21-18-15-12-9-6-3)55-69-72(65,66)68-54-56(52-61)70-59(63)50-47-44-41-38-35-32-29-26-23-20-17-14-11-8-5-2/h8-9,11-12,17-18,20-21,26,29,31,34-35,38,56-57,61H,4-7,10,13-16,19,22-25,27-28,30,32-33,36-37,39-55H2,1-3H3,(H,65,66)/b11-8-,12-9-,20-17-,21-18-,29-26-,34-31-,38-35-. The van der Waals surface area contributed by atoms with E-state index in [1.807, 2.05) is 0 Å². The first-order valence-corrected chi connectivity index (χ1v) is 30.0. The molecule has 0 spiro atoms. The molecule has 0 fully saturated rings. The molecule has 0 aliphatic carbocycles. The van der Waals surface area contributed by atoms with E-state index in [1.165, 1.54) is 83.5 Å². The van der Waals surface area contributed by atoms with Crippen LogP contribution in [0.4, 0.5) is 0 Å². The van der Waals surface area contributed by atoms with Crippen molar-refractivity contribution >= 4 is 25.7 Å². The zero-order valence-corrected chi connectivity index (χ0v) is 46.5. The summed E-state index contributed by atoms with van der Waals surface area (Å²) in [6.45, 7) is 4.34. The molecule has 0 saturated carbocycles. The van der Waals surface area contributed by atoms with Crippen LogP contribution in [0.25, 0.3) is 0 Å². The molecule has 0 bridgehead atoms. The summed E-state index contributed by atoms with van der Waals surface area (Å²) in [5.41, 5.74) is 0. The zero-order chi connectivity index (χ0) is 52.7. The molecular formula is C60H103O11P. The van der Waals surface area contributed by atoms with Crippen LogP contribution in [0.15, 0.2) is 85.1 Å². The highest BCUT2D eigenvalue weighted by Gasteiger charge is 2.28. The lowest BCUT2D eigenvalue weighted by molar-refractivity contribution is -0.161. The molecule has 0 aromatic heterocycles. The van der Waals surface area contributed by atoms with Crippen molar-refractivity contribution in [1.82, 2.24) is 0 Å². The largest absolute Gasteiger partial charge is 0.472 e. The molecule has 0 aromatic carbocycles. The number of ether oxygens (including phenoxy) is 3. The quantitative estimate of drug-likeness (QED) is 0.0197. The second-order valence-corrected chi connectivity index (χ2v) is 20.1. The molecule has 0 saturated heterocycles. The molecule has 3 unspecified atom stereocenters. The predicted molar refractivity (Wildman–Crippen MR) is 298 cm³/mol. The van der Waals surface area contributed by atoms with E-state index in [4.69, 9.17) is 23.3 Å². The van der Waals surface area contributed by atoms with Crippen LogP contribution in [0.1, 0.15) is 239 Å². The van der Waals surface area contributed by atoms with E-state index >= 15 is 0 Å². The minimum absolute atomic E-state index is 0.121. The summed E-state index contributed by atoms with van der Waals surface area (Å²) < 4.78 is 39.4. The first kappa shape index (κ1) is 68.7. The van der Waals surface area contributed by atoms with Gasteiger partial charge in [-0.3, -0.25) is 23.4 Å². The summed E-state index contributed by atoms with van der Waals surface area (Å²) in [6, 6.07) is 0. The topological polar surface area (TPSA) is 155 Å². The maximum atomic E-state index is 12.9. The van der Waals surface area contributed by atoms with E-state index in [2.05, 4.69) is 106 Å². The van der Waals surface area contributed by atoms with Gasteiger partial charge in [0.25, 0.3) is 0 Å². The van der Waals surface area contributed by atoms with E-state index in [0.29, 0.717) is 19.3 Å². The first-order chi connectivity index (χ1) is 35.2. The number of carbonyl (C=O) groups excluding carboxylic acids is 3. The van der Waals surface area contributed by atoms with E-state index in [1.54, 1.807) is 0 Å². The molecule has 3 atom stereocenters. The number of rotatable bonds is 52. The number of unbranched alkanes of at least 4 members (excludes halogenated alkanes) is 21. The third-order valence-corrected chi connectivity index (χ3v) is 12.8. The molecule has 2 N–H and O–H groups in total. The Kier molecular flexibility index (Phi) is 51.4. The molecule has 0 aliphatic rings. The number of aliphatic hydroxyl groups is 1. The van der Waals surface area contributed by atoms with Crippen molar-refractivity contribution < 1.29 is 52.2 Å². The molecule has 0 aliphatic heterocycles. The van der Waals surface area contributed by atoms with Crippen molar-refractivity contribution in [3.8, 4) is 0 Å². The zero-order valence-electron chi connectivity index (χ0n) is 45.6. The van der Waals surface area contributed by atoms with Gasteiger partial charge in [0.05, 0.1) is 19.8 Å². The normalized spacial score (nSPS) is 14.0. The molecule has 12 heteroatoms. The minimum Gasteiger partial charge on any atom is -0.462 e. The molecule has 0 heterocycles. The molecule has 0 aromatic rings. The van der Waals surface area contributed by atoms with Crippen molar-refractivity contribution in [2.24, 2.45) is 0 Å². The molecule has 0 rings (SSSR count). The van der Waals surface area contributed by atoms with Gasteiger partial charge in [0.15, 0.2) is 6.10 Å². The van der Waals surface area contributed by atoms with Gasteiger partial charge in [-0.2, -0.15) is 0 Å². The van der Waals surface area contributed by atoms with Crippen molar-refractivity contribution in [2.75, 3.05) is 26.4 Å². The lowest BCUT2D eigenvalue weighted by atomic mass is 10.0. The van der Waals surface area contributed by atoms with E-state index < -0.39 is 57.8 Å². The summed E-state index contributed by atoms with van der Waals surface area (Å²) >= 11 is 0. The Morgan fingerprint density at radius 3 is 1.14 bits per heavy atom. The van der Waals surface area contributed by atoms with Crippen molar-refractivity contribution in [3.63, 3.8) is 0 Å². The fourth-order valence-corrected chi connectivity index (χ4v) is 8.32. The summed E-state index contributed by atoms with van der Waals surface area (Å²) in [7, 11) is -4.77. The molecule has 72 heavy (non-hydrogen) atoms. The van der Waals surface area contributed by atoms with Crippen LogP contribution in [0.5, 0.6) is 0 Å². The molecule has 11 nitrogen and oxygen atoms in total. The summed E-state index contributed by atoms with van der Waals surface area (Å²) in [5, 5.41) is 9.80. The second-order valence-electron chi connectivity index (χ2n) is 18.7. The Hall–Kier alpha value is -3.34. The van der Waals surface area contributed by atoms with E-state index in [-0.39, 0.29) is 25.9 Å². The average molecular weight is 1030 g/mol. The van der Waals surface area contributed by atoms with Crippen LogP contribution in [0.3, 0.4) is 0 Å². The van der Waals surface area contributed by atoms with Gasteiger partial charge in [0.2, 0.25) is 0 Å². The maximum absolute atomic E-state index is 12.9. The van der Waals surface area contributed by atoms with Gasteiger partial charge in [-0.05, 0) is 89.9 Å². The Morgan fingerprint density at radius 2 is 0.722 bits per heavy atom. The molecule has 414 valence electrons. The smallest absolute Gasteiger partial charge is 0.462 e. The van der Waals surface area contributed by atoms with Crippen molar-refractivity contribution in [3.05, 3.63) is 85.1 Å². The third-order valence-electron chi connectivity index (χ3n) is 11.8. The van der Waals surface area contributed by atoms with Gasteiger partial charge in [-0.1, -0.05) is 215 Å². The van der Waals surface area contributed by atoms with Gasteiger partial charge >= 0.3 is 25.7 Å². The third kappa shape index (κ3) is 51.6. The Morgan fingerprint density at radius 1 is 0.403 bits per heavy atom. The average Bonchev–Trinajstić information content (AvgIpc) is 3.37. The van der Waals surface area contributed by atoms with Crippen molar-refractivity contribution in [1.29, 1.82) is 0 Å². The fourth-order valence-electron chi connectivity index (χ4n) is 7.54. The lowest BCUT2D eigenvalue weighted by Crippen LogP contribution is -2.30. The van der Waals surface area contributed by atoms with Crippen LogP contribution >= 0.6 is 7.82 Å². The van der Waals surface area contributed by atoms with Crippen molar-refractivity contribution in [2.45, 2.75) is 251 Å². The minimum atomic E-state index is -4.77. The van der Waals surface area contributed by atoms with Crippen LogP contribution in [-0.2, 0) is 42.2 Å². The molecule has 0 radical (unpaired) electrons. The van der Waals surface area contributed by atoms with Crippen LogP contribution in [0, 0.1) is 0 Å². The van der Waals surface area contributed by atoms with Gasteiger partial charge in [-0.15, -0.1) is 0 Å². The lowest BCUT2D eigenvalue weighted by Gasteiger charge is -2.21. The number of allylic oxidation sites excluding steroid dienone is 14. The number of hydrogen-bond donors (Lipinski definition) is 2. The Bertz CT molecular complexity index is 1530. The summed E-state index contributed by atoms with van der Waals surface area (Å²) in [6.07, 6.45) is 61.2. The Balaban J connectivity index is 4.77. The van der Waals surface area contributed by atoms with Crippen LogP contribution in [-0.4, -0.2) is 66.5 Å². The number of esters is 3. The number of carbonyl (C=O) groups is 3. The number of aliphatic hydroxyl groups excluding tert-OH is 1. The van der Waals surface area contributed by atoms with E-state index in [0.717, 1.165) is 96.3 Å². The SMILES string of the molecule is CC/C=C\C/C=C\C/C=C\C/C=C\CCCCC(=O)OC(CO)COP(=O)(O)OCC(COC(=O)CCCCC/C=C\C/C=C\C/C=C\CC)OC(=O)CCCCCCCCCCCCCCCCCCC. The van der Waals surface area contributed by atoms with Crippen LogP contribution in [0.2, 0.25) is 0 Å². The summed E-state index contributed by atoms with van der Waals surface area (Å²) in [4.78, 5) is 48.5. The number of phosphoric acid groups is 1. The van der Waals surface area contributed by atoms with Gasteiger partial charge < -0.3 is 24.2 Å². The molecule has 0 amide bonds. The maximum Gasteiger partial charge on any atom is 0.472 e. The highest BCUT2D eigenvalue weighted by Crippen LogP contribution is 2.43. The monoisotopic (exact) mass is 1030 g/mol. The molecular weight excluding hydrogens is 928 g/mol. The first-order valence-electron chi connectivity index (χ1n) is 28.5. The highest BCUT2D eigenvalue weighted by molar-refractivity contribution is 7.47. The summed E-state index contributed by atoms with van der Waals surface area (Å²) in [5.74, 6) is -1.54.